The lowest BCUT2D eigenvalue weighted by molar-refractivity contribution is 0.706. The highest BCUT2D eigenvalue weighted by Gasteiger charge is 2.25. The van der Waals surface area contributed by atoms with Gasteiger partial charge in [0.15, 0.2) is 0 Å². The number of aromatic amines is 1. The van der Waals surface area contributed by atoms with Gasteiger partial charge in [0.2, 0.25) is 0 Å². The van der Waals surface area contributed by atoms with Crippen LogP contribution in [-0.2, 0) is 0 Å². The van der Waals surface area contributed by atoms with Crippen LogP contribution in [-0.4, -0.2) is 10.5 Å². The summed E-state index contributed by atoms with van der Waals surface area (Å²) in [5, 5.41) is 4.72. The van der Waals surface area contributed by atoms with Crippen molar-refractivity contribution in [2.45, 2.75) is 47.1 Å². The maximum Gasteiger partial charge on any atom is 0.251 e. The minimum absolute atomic E-state index is 0.00498. The molecule has 0 spiro atoms. The van der Waals surface area contributed by atoms with Crippen LogP contribution < -0.4 is 10.9 Å². The van der Waals surface area contributed by atoms with Crippen LogP contribution in [0.15, 0.2) is 16.9 Å². The van der Waals surface area contributed by atoms with Crippen molar-refractivity contribution < 1.29 is 0 Å². The van der Waals surface area contributed by atoms with Gasteiger partial charge in [-0.2, -0.15) is 0 Å². The van der Waals surface area contributed by atoms with Gasteiger partial charge in [-0.15, -0.1) is 0 Å². The van der Waals surface area contributed by atoms with Crippen molar-refractivity contribution in [1.29, 1.82) is 0 Å². The minimum Gasteiger partial charge on any atom is -0.376 e. The van der Waals surface area contributed by atoms with E-state index in [4.69, 9.17) is 0 Å². The summed E-state index contributed by atoms with van der Waals surface area (Å²) in [6.07, 6.45) is 2.26. The van der Waals surface area contributed by atoms with E-state index in [-0.39, 0.29) is 11.1 Å². The summed E-state index contributed by atoms with van der Waals surface area (Å²) in [6, 6.07) is 2.20. The highest BCUT2D eigenvalue weighted by atomic mass is 16.1. The van der Waals surface area contributed by atoms with E-state index in [1.165, 1.54) is 11.1 Å². The molecular weight excluding hydrogens is 260 g/mol. The highest BCUT2D eigenvalue weighted by molar-refractivity contribution is 5.96. The van der Waals surface area contributed by atoms with E-state index in [0.717, 1.165) is 33.3 Å². The first kappa shape index (κ1) is 13.9. The zero-order chi connectivity index (χ0) is 15.5. The number of fused-ring (bicyclic) bond motifs is 2. The normalized spacial score (nSPS) is 16.4. The Hall–Kier alpha value is -2.03. The van der Waals surface area contributed by atoms with Gasteiger partial charge in [0.25, 0.3) is 5.56 Å². The SMILES string of the molecule is CC1=CC(C)(C)Nc2c1cc1c(C)c(C)c(=O)[nH]c1c2C. The number of rotatable bonds is 0. The van der Waals surface area contributed by atoms with Crippen LogP contribution in [0.2, 0.25) is 0 Å². The molecule has 3 nitrogen and oxygen atoms in total. The number of hydrogen-bond donors (Lipinski definition) is 2. The summed E-state index contributed by atoms with van der Waals surface area (Å²) in [6.45, 7) is 12.5. The van der Waals surface area contributed by atoms with E-state index in [1.807, 2.05) is 13.8 Å². The maximum absolute atomic E-state index is 12.1. The molecule has 21 heavy (non-hydrogen) atoms. The average Bonchev–Trinajstić information content (AvgIpc) is 2.38. The average molecular weight is 282 g/mol. The second-order valence-electron chi connectivity index (χ2n) is 6.72. The Labute approximate surface area is 125 Å². The van der Waals surface area contributed by atoms with E-state index in [1.54, 1.807) is 0 Å². The number of anilines is 1. The number of hydrogen-bond acceptors (Lipinski definition) is 2. The molecule has 2 aromatic rings. The largest absolute Gasteiger partial charge is 0.376 e. The number of nitrogens with one attached hydrogen (secondary N) is 2. The van der Waals surface area contributed by atoms with Crippen LogP contribution >= 0.6 is 0 Å². The summed E-state index contributed by atoms with van der Waals surface area (Å²) in [5.41, 5.74) is 7.50. The zero-order valence-corrected chi connectivity index (χ0v) is 13.6. The highest BCUT2D eigenvalue weighted by Crippen LogP contribution is 2.39. The summed E-state index contributed by atoms with van der Waals surface area (Å²) < 4.78 is 0. The fraction of sp³-hybridized carbons (Fsp3) is 0.389. The molecule has 0 bridgehead atoms. The molecule has 0 radical (unpaired) electrons. The molecule has 0 saturated heterocycles. The van der Waals surface area contributed by atoms with E-state index in [9.17, 15) is 4.79 Å². The van der Waals surface area contributed by atoms with E-state index < -0.39 is 0 Å². The van der Waals surface area contributed by atoms with Crippen molar-refractivity contribution in [2.75, 3.05) is 5.32 Å². The van der Waals surface area contributed by atoms with Gasteiger partial charge in [0.05, 0.1) is 11.1 Å². The molecule has 1 aromatic carbocycles. The fourth-order valence-electron chi connectivity index (χ4n) is 3.30. The van der Waals surface area contributed by atoms with E-state index in [0.29, 0.717) is 0 Å². The number of H-pyrrole nitrogens is 1. The number of aryl methyl sites for hydroxylation is 2. The topological polar surface area (TPSA) is 44.9 Å². The standard InChI is InChI=1S/C18H22N2O/c1-9-8-18(5,6)20-16-12(4)15-14(7-13(9)16)10(2)11(3)17(21)19-15/h7-8,20H,1-6H3,(H,19,21). The van der Waals surface area contributed by atoms with E-state index in [2.05, 4.69) is 50.1 Å². The lowest BCUT2D eigenvalue weighted by Gasteiger charge is -2.33. The molecule has 0 atom stereocenters. The van der Waals surface area contributed by atoms with Crippen LogP contribution in [0, 0.1) is 20.8 Å². The molecule has 2 heterocycles. The third kappa shape index (κ3) is 1.99. The van der Waals surface area contributed by atoms with E-state index >= 15 is 0 Å². The van der Waals surface area contributed by atoms with Crippen LogP contribution in [0.4, 0.5) is 5.69 Å². The van der Waals surface area contributed by atoms with Crippen molar-refractivity contribution in [3.05, 3.63) is 44.7 Å². The van der Waals surface area contributed by atoms with Crippen LogP contribution in [0.5, 0.6) is 0 Å². The third-order valence-electron chi connectivity index (χ3n) is 4.57. The first-order valence-electron chi connectivity index (χ1n) is 7.36. The first-order valence-corrected chi connectivity index (χ1v) is 7.36. The monoisotopic (exact) mass is 282 g/mol. The predicted molar refractivity (Wildman–Crippen MR) is 90.1 cm³/mol. The van der Waals surface area contributed by atoms with Crippen molar-refractivity contribution in [3.63, 3.8) is 0 Å². The number of pyridine rings is 1. The van der Waals surface area contributed by atoms with Gasteiger partial charge in [-0.1, -0.05) is 6.08 Å². The molecule has 1 aromatic heterocycles. The third-order valence-corrected chi connectivity index (χ3v) is 4.57. The van der Waals surface area contributed by atoms with Crippen molar-refractivity contribution in [2.24, 2.45) is 0 Å². The van der Waals surface area contributed by atoms with Crippen LogP contribution in [0.3, 0.4) is 0 Å². The predicted octanol–water partition coefficient (Wildman–Crippen LogP) is 4.06. The minimum atomic E-state index is -0.0739. The molecule has 0 aliphatic carbocycles. The van der Waals surface area contributed by atoms with Gasteiger partial charge < -0.3 is 10.3 Å². The van der Waals surface area contributed by atoms with Gasteiger partial charge in [0, 0.05) is 22.2 Å². The molecular formula is C18H22N2O. The van der Waals surface area contributed by atoms with Gasteiger partial charge in [-0.05, 0) is 64.3 Å². The molecule has 3 heteroatoms. The Morgan fingerprint density at radius 3 is 2.33 bits per heavy atom. The Morgan fingerprint density at radius 2 is 1.67 bits per heavy atom. The Balaban J connectivity index is 2.46. The van der Waals surface area contributed by atoms with Gasteiger partial charge in [0.1, 0.15) is 0 Å². The number of aromatic nitrogens is 1. The summed E-state index contributed by atoms with van der Waals surface area (Å²) in [5.74, 6) is 0. The maximum atomic E-state index is 12.1. The summed E-state index contributed by atoms with van der Waals surface area (Å²) in [4.78, 5) is 15.1. The van der Waals surface area contributed by atoms with Crippen molar-refractivity contribution in [3.8, 4) is 0 Å². The molecule has 3 rings (SSSR count). The Kier molecular flexibility index (Phi) is 2.81. The molecule has 0 amide bonds. The molecule has 1 aliphatic heterocycles. The second-order valence-corrected chi connectivity index (χ2v) is 6.72. The van der Waals surface area contributed by atoms with Crippen LogP contribution in [0.1, 0.15) is 43.0 Å². The van der Waals surface area contributed by atoms with Gasteiger partial charge >= 0.3 is 0 Å². The molecule has 1 aliphatic rings. The lowest BCUT2D eigenvalue weighted by atomic mass is 9.87. The van der Waals surface area contributed by atoms with Gasteiger partial charge in [-0.3, -0.25) is 4.79 Å². The lowest BCUT2D eigenvalue weighted by Crippen LogP contribution is -2.32. The number of benzene rings is 1. The second kappa shape index (κ2) is 4.23. The molecule has 110 valence electrons. The molecule has 2 N–H and O–H groups in total. The first-order chi connectivity index (χ1) is 9.71. The Morgan fingerprint density at radius 1 is 1.00 bits per heavy atom. The zero-order valence-electron chi connectivity index (χ0n) is 13.6. The molecule has 0 saturated carbocycles. The smallest absolute Gasteiger partial charge is 0.251 e. The summed E-state index contributed by atoms with van der Waals surface area (Å²) >= 11 is 0. The van der Waals surface area contributed by atoms with Crippen molar-refractivity contribution in [1.82, 2.24) is 4.98 Å². The quantitative estimate of drug-likeness (QED) is 0.765. The van der Waals surface area contributed by atoms with Gasteiger partial charge in [-0.25, -0.2) is 0 Å². The molecule has 0 unspecified atom stereocenters. The fourth-order valence-corrected chi connectivity index (χ4v) is 3.30. The number of allylic oxidation sites excluding steroid dienone is 1. The van der Waals surface area contributed by atoms with Crippen LogP contribution in [0.25, 0.3) is 16.5 Å². The Bertz CT molecular complexity index is 854. The van der Waals surface area contributed by atoms with Crippen molar-refractivity contribution >= 4 is 22.2 Å². The molecule has 0 fully saturated rings. The summed E-state index contributed by atoms with van der Waals surface area (Å²) in [7, 11) is 0.